The van der Waals surface area contributed by atoms with Crippen molar-refractivity contribution in [3.63, 3.8) is 0 Å². The zero-order chi connectivity index (χ0) is 23.3. The molecular weight excluding hydrogens is 460 g/mol. The summed E-state index contributed by atoms with van der Waals surface area (Å²) in [5.74, 6) is 0.726. The van der Waals surface area contributed by atoms with Crippen molar-refractivity contribution in [3.05, 3.63) is 78.8 Å². The van der Waals surface area contributed by atoms with E-state index in [0.717, 1.165) is 59.2 Å². The molecule has 0 radical (unpaired) electrons. The number of nitrogens with zero attached hydrogens (tertiary/aromatic N) is 3. The van der Waals surface area contributed by atoms with Crippen LogP contribution in [0.1, 0.15) is 31.4 Å². The van der Waals surface area contributed by atoms with Crippen molar-refractivity contribution in [1.29, 1.82) is 0 Å². The van der Waals surface area contributed by atoms with Crippen LogP contribution in [0.5, 0.6) is 0 Å². The highest BCUT2D eigenvalue weighted by molar-refractivity contribution is 5.85. The first kappa shape index (κ1) is 24.6. The van der Waals surface area contributed by atoms with E-state index in [1.165, 1.54) is 0 Å². The van der Waals surface area contributed by atoms with E-state index in [-0.39, 0.29) is 30.3 Å². The average Bonchev–Trinajstić information content (AvgIpc) is 2.90. The molecule has 0 spiro atoms. The summed E-state index contributed by atoms with van der Waals surface area (Å²) in [4.78, 5) is 25.7. The van der Waals surface area contributed by atoms with Crippen LogP contribution in [0.25, 0.3) is 22.0 Å². The van der Waals surface area contributed by atoms with Gasteiger partial charge in [0.15, 0.2) is 0 Å². The number of rotatable bonds is 6. The van der Waals surface area contributed by atoms with E-state index in [2.05, 4.69) is 43.0 Å². The maximum absolute atomic E-state index is 12.5. The number of benzene rings is 2. The van der Waals surface area contributed by atoms with Crippen molar-refractivity contribution in [1.82, 2.24) is 25.6 Å². The van der Waals surface area contributed by atoms with Gasteiger partial charge in [-0.3, -0.25) is 9.78 Å². The molecule has 180 valence electrons. The minimum atomic E-state index is -0.0463. The number of aromatic nitrogens is 3. The Balaban J connectivity index is 0.00000289. The molecule has 1 amide bonds. The number of halogens is 1. The Bertz CT molecular complexity index is 1280. The molecule has 4 aromatic rings. The van der Waals surface area contributed by atoms with Crippen LogP contribution in [0.4, 0.5) is 11.6 Å². The number of piperidine rings is 1. The van der Waals surface area contributed by atoms with Gasteiger partial charge in [0, 0.05) is 36.2 Å². The number of hydrogen-bond donors (Lipinski definition) is 3. The van der Waals surface area contributed by atoms with E-state index in [0.29, 0.717) is 5.95 Å². The van der Waals surface area contributed by atoms with Gasteiger partial charge >= 0.3 is 0 Å². The van der Waals surface area contributed by atoms with Crippen LogP contribution in [0.3, 0.4) is 0 Å². The highest BCUT2D eigenvalue weighted by Gasteiger charge is 2.22. The molecule has 1 fully saturated rings. The molecule has 3 heterocycles. The van der Waals surface area contributed by atoms with Gasteiger partial charge in [-0.2, -0.15) is 0 Å². The van der Waals surface area contributed by atoms with Gasteiger partial charge in [-0.15, -0.1) is 12.4 Å². The fourth-order valence-electron chi connectivity index (χ4n) is 4.29. The van der Waals surface area contributed by atoms with Gasteiger partial charge in [0.05, 0.1) is 17.5 Å². The summed E-state index contributed by atoms with van der Waals surface area (Å²) in [6.45, 7) is 3.78. The average molecular weight is 489 g/mol. The third kappa shape index (κ3) is 5.93. The Labute approximate surface area is 211 Å². The number of carbonyl (C=O) groups is 1. The number of carbonyl (C=O) groups excluding carboxylic acids is 1. The molecule has 3 N–H and O–H groups in total. The van der Waals surface area contributed by atoms with Crippen LogP contribution < -0.4 is 16.0 Å². The Kier molecular flexibility index (Phi) is 7.90. The molecule has 2 aromatic heterocycles. The SMILES string of the molecule is C[C@@H](NC(=O)[C@H]1CCCNC1)c1ccc(Nc2ncc3cc(-c4ccncc4)ccc3n2)cc1.Cl. The van der Waals surface area contributed by atoms with Gasteiger partial charge in [0.25, 0.3) is 0 Å². The van der Waals surface area contributed by atoms with E-state index in [4.69, 9.17) is 0 Å². The van der Waals surface area contributed by atoms with E-state index in [1.807, 2.05) is 55.6 Å². The van der Waals surface area contributed by atoms with Crippen molar-refractivity contribution in [2.24, 2.45) is 5.92 Å². The first-order chi connectivity index (χ1) is 16.7. The maximum atomic E-state index is 12.5. The minimum absolute atomic E-state index is 0. The molecule has 2 aromatic carbocycles. The van der Waals surface area contributed by atoms with E-state index < -0.39 is 0 Å². The molecule has 2 atom stereocenters. The second-order valence-electron chi connectivity index (χ2n) is 8.72. The summed E-state index contributed by atoms with van der Waals surface area (Å²) < 4.78 is 0. The van der Waals surface area contributed by atoms with Gasteiger partial charge in [0.2, 0.25) is 11.9 Å². The lowest BCUT2D eigenvalue weighted by Crippen LogP contribution is -2.41. The zero-order valence-corrected chi connectivity index (χ0v) is 20.4. The summed E-state index contributed by atoms with van der Waals surface area (Å²) in [5, 5.41) is 10.7. The smallest absolute Gasteiger partial charge is 0.227 e. The van der Waals surface area contributed by atoms with E-state index >= 15 is 0 Å². The zero-order valence-electron chi connectivity index (χ0n) is 19.6. The van der Waals surface area contributed by atoms with Crippen LogP contribution in [-0.4, -0.2) is 33.9 Å². The number of fused-ring (bicyclic) bond motifs is 1. The number of anilines is 2. The minimum Gasteiger partial charge on any atom is -0.349 e. The lowest BCUT2D eigenvalue weighted by molar-refractivity contribution is -0.126. The number of amides is 1. The number of pyridine rings is 1. The van der Waals surface area contributed by atoms with Gasteiger partial charge in [-0.05, 0) is 79.4 Å². The maximum Gasteiger partial charge on any atom is 0.227 e. The summed E-state index contributed by atoms with van der Waals surface area (Å²) in [7, 11) is 0. The van der Waals surface area contributed by atoms with Gasteiger partial charge < -0.3 is 16.0 Å². The lowest BCUT2D eigenvalue weighted by Gasteiger charge is -2.24. The molecule has 1 aliphatic rings. The van der Waals surface area contributed by atoms with Crippen molar-refractivity contribution >= 4 is 40.9 Å². The topological polar surface area (TPSA) is 91.8 Å². The highest BCUT2D eigenvalue weighted by atomic mass is 35.5. The Morgan fingerprint density at radius 2 is 1.86 bits per heavy atom. The molecule has 1 aliphatic heterocycles. The molecule has 5 rings (SSSR count). The molecule has 0 bridgehead atoms. The standard InChI is InChI=1S/C27H28N6O.ClH/c1-18(31-26(34)22-3-2-12-29-16-22)19-4-7-24(8-5-19)32-27-30-17-23-15-21(6-9-25(23)33-27)20-10-13-28-14-11-20;/h4-11,13-15,17-18,22,29H,2-3,12,16H2,1H3,(H,31,34)(H,30,32,33);1H/t18-,22+;/m1./s1. The van der Waals surface area contributed by atoms with Crippen LogP contribution in [0.15, 0.2) is 73.2 Å². The summed E-state index contributed by atoms with van der Waals surface area (Å²) in [5.41, 5.74) is 5.05. The fraction of sp³-hybridized carbons (Fsp3) is 0.259. The van der Waals surface area contributed by atoms with Crippen LogP contribution in [-0.2, 0) is 4.79 Å². The first-order valence-electron chi connectivity index (χ1n) is 11.7. The molecule has 7 nitrogen and oxygen atoms in total. The van der Waals surface area contributed by atoms with Crippen molar-refractivity contribution in [2.45, 2.75) is 25.8 Å². The summed E-state index contributed by atoms with van der Waals surface area (Å²) >= 11 is 0. The van der Waals surface area contributed by atoms with Crippen molar-refractivity contribution in [3.8, 4) is 11.1 Å². The van der Waals surface area contributed by atoms with Gasteiger partial charge in [0.1, 0.15) is 0 Å². The highest BCUT2D eigenvalue weighted by Crippen LogP contribution is 2.24. The largest absolute Gasteiger partial charge is 0.349 e. The second-order valence-corrected chi connectivity index (χ2v) is 8.72. The van der Waals surface area contributed by atoms with E-state index in [1.54, 1.807) is 12.4 Å². The Hall–Kier alpha value is -3.55. The van der Waals surface area contributed by atoms with Crippen molar-refractivity contribution in [2.75, 3.05) is 18.4 Å². The molecule has 0 saturated carbocycles. The van der Waals surface area contributed by atoms with Crippen molar-refractivity contribution < 1.29 is 4.79 Å². The van der Waals surface area contributed by atoms with Crippen LogP contribution in [0.2, 0.25) is 0 Å². The summed E-state index contributed by atoms with van der Waals surface area (Å²) in [6.07, 6.45) is 7.41. The Morgan fingerprint density at radius 1 is 1.06 bits per heavy atom. The first-order valence-corrected chi connectivity index (χ1v) is 11.7. The van der Waals surface area contributed by atoms with E-state index in [9.17, 15) is 4.79 Å². The van der Waals surface area contributed by atoms with Gasteiger partial charge in [-0.25, -0.2) is 9.97 Å². The third-order valence-corrected chi connectivity index (χ3v) is 6.29. The molecule has 35 heavy (non-hydrogen) atoms. The quantitative estimate of drug-likeness (QED) is 0.352. The number of nitrogens with one attached hydrogen (secondary N) is 3. The third-order valence-electron chi connectivity index (χ3n) is 6.29. The predicted octanol–water partition coefficient (Wildman–Crippen LogP) is 5.03. The van der Waals surface area contributed by atoms with Gasteiger partial charge in [-0.1, -0.05) is 18.2 Å². The molecule has 1 saturated heterocycles. The molecule has 0 unspecified atom stereocenters. The predicted molar refractivity (Wildman–Crippen MR) is 142 cm³/mol. The lowest BCUT2D eigenvalue weighted by atomic mass is 9.98. The second kappa shape index (κ2) is 11.3. The fourth-order valence-corrected chi connectivity index (χ4v) is 4.29. The summed E-state index contributed by atoms with van der Waals surface area (Å²) in [6, 6.07) is 18.1. The molecule has 8 heteroatoms. The molecular formula is C27H29ClN6O. The van der Waals surface area contributed by atoms with Crippen LogP contribution in [0, 0.1) is 5.92 Å². The monoisotopic (exact) mass is 488 g/mol. The number of hydrogen-bond acceptors (Lipinski definition) is 6. The Morgan fingerprint density at radius 3 is 2.60 bits per heavy atom. The normalized spacial score (nSPS) is 16.2. The van der Waals surface area contributed by atoms with Crippen LogP contribution >= 0.6 is 12.4 Å². The molecule has 0 aliphatic carbocycles.